The minimum atomic E-state index is 0.0305. The first-order valence-corrected chi connectivity index (χ1v) is 10.9. The first kappa shape index (κ1) is 16.5. The summed E-state index contributed by atoms with van der Waals surface area (Å²) < 4.78 is 0. The molecule has 0 aromatic heterocycles. The highest BCUT2D eigenvalue weighted by molar-refractivity contribution is 8.77. The van der Waals surface area contributed by atoms with Gasteiger partial charge in [-0.05, 0) is 32.1 Å². The fourth-order valence-corrected chi connectivity index (χ4v) is 6.86. The minimum absolute atomic E-state index is 0.0305. The van der Waals surface area contributed by atoms with Crippen molar-refractivity contribution in [3.63, 3.8) is 0 Å². The number of rotatable bonds is 5. The maximum absolute atomic E-state index is 12.4. The lowest BCUT2D eigenvalue weighted by atomic mass is 9.79. The minimum Gasteiger partial charge on any atom is -0.355 e. The van der Waals surface area contributed by atoms with Crippen LogP contribution in [0.5, 0.6) is 0 Å². The fraction of sp³-hybridized carbons (Fsp3) is 0.875. The molecule has 3 saturated heterocycles. The molecular formula is C16H26N2O2S2. The number of amides is 2. The Morgan fingerprint density at radius 3 is 3.05 bits per heavy atom. The zero-order valence-corrected chi connectivity index (χ0v) is 14.8. The van der Waals surface area contributed by atoms with Gasteiger partial charge in [-0.3, -0.25) is 9.59 Å². The normalized spacial score (nSPS) is 31.7. The number of carbonyl (C=O) groups is 2. The van der Waals surface area contributed by atoms with E-state index in [0.717, 1.165) is 44.1 Å². The molecule has 4 nitrogen and oxygen atoms in total. The summed E-state index contributed by atoms with van der Waals surface area (Å²) in [5.74, 6) is 1.74. The molecule has 3 heterocycles. The second-order valence-corrected chi connectivity index (χ2v) is 9.73. The van der Waals surface area contributed by atoms with Crippen LogP contribution in [0.25, 0.3) is 0 Å². The van der Waals surface area contributed by atoms with Crippen molar-refractivity contribution in [1.29, 1.82) is 0 Å². The van der Waals surface area contributed by atoms with E-state index in [9.17, 15) is 9.59 Å². The van der Waals surface area contributed by atoms with Gasteiger partial charge in [0.25, 0.3) is 0 Å². The Bertz CT molecular complexity index is 426. The van der Waals surface area contributed by atoms with E-state index in [1.165, 1.54) is 25.0 Å². The summed E-state index contributed by atoms with van der Waals surface area (Å²) in [6, 6.07) is 0. The molecule has 0 radical (unpaired) electrons. The van der Waals surface area contributed by atoms with Crippen LogP contribution in [-0.2, 0) is 9.59 Å². The van der Waals surface area contributed by atoms with Crippen LogP contribution >= 0.6 is 21.6 Å². The van der Waals surface area contributed by atoms with E-state index in [0.29, 0.717) is 18.7 Å². The van der Waals surface area contributed by atoms with Crippen molar-refractivity contribution in [1.82, 2.24) is 10.2 Å². The zero-order valence-electron chi connectivity index (χ0n) is 13.1. The average molecular weight is 343 g/mol. The number of unbranched alkanes of at least 4 members (excludes halogenated alkanes) is 1. The molecule has 0 aromatic rings. The third-order valence-corrected chi connectivity index (χ3v) is 8.11. The van der Waals surface area contributed by atoms with Crippen molar-refractivity contribution >= 4 is 33.4 Å². The van der Waals surface area contributed by atoms with Crippen molar-refractivity contribution < 1.29 is 9.59 Å². The lowest BCUT2D eigenvalue weighted by molar-refractivity contribution is -0.135. The first-order valence-electron chi connectivity index (χ1n) is 8.50. The Hall–Kier alpha value is -0.360. The Labute approximate surface area is 140 Å². The van der Waals surface area contributed by atoms with Gasteiger partial charge in [-0.1, -0.05) is 28.0 Å². The van der Waals surface area contributed by atoms with Crippen LogP contribution in [0.4, 0.5) is 0 Å². The molecule has 0 saturated carbocycles. The Morgan fingerprint density at radius 2 is 2.32 bits per heavy atom. The molecule has 1 spiro atoms. The third kappa shape index (κ3) is 4.13. The predicted octanol–water partition coefficient (Wildman–Crippen LogP) is 2.83. The van der Waals surface area contributed by atoms with E-state index >= 15 is 0 Å². The standard InChI is InChI=1S/C16H26N2O2S2/c19-14-10-16(11-17-14)7-3-8-18(12-16)15(20)5-2-1-4-13-6-9-21-22-13/h13H,1-12H2,(H,17,19). The maximum Gasteiger partial charge on any atom is 0.222 e. The largest absolute Gasteiger partial charge is 0.355 e. The van der Waals surface area contributed by atoms with Crippen LogP contribution in [0.1, 0.15) is 51.4 Å². The Morgan fingerprint density at radius 1 is 1.41 bits per heavy atom. The quantitative estimate of drug-likeness (QED) is 0.616. The number of hydrogen-bond acceptors (Lipinski definition) is 4. The summed E-state index contributed by atoms with van der Waals surface area (Å²) in [5, 5.41) is 3.76. The molecule has 3 fully saturated rings. The molecule has 2 unspecified atom stereocenters. The van der Waals surface area contributed by atoms with Crippen LogP contribution in [0.2, 0.25) is 0 Å². The van der Waals surface area contributed by atoms with Gasteiger partial charge in [0.1, 0.15) is 0 Å². The van der Waals surface area contributed by atoms with E-state index in [1.54, 1.807) is 0 Å². The van der Waals surface area contributed by atoms with Crippen molar-refractivity contribution in [3.05, 3.63) is 0 Å². The Balaban J connectivity index is 1.39. The smallest absolute Gasteiger partial charge is 0.222 e. The highest BCUT2D eigenvalue weighted by atomic mass is 33.1. The van der Waals surface area contributed by atoms with Gasteiger partial charge in [0.2, 0.25) is 11.8 Å². The summed E-state index contributed by atoms with van der Waals surface area (Å²) >= 11 is 0. The van der Waals surface area contributed by atoms with Crippen molar-refractivity contribution in [3.8, 4) is 0 Å². The third-order valence-electron chi connectivity index (χ3n) is 5.10. The topological polar surface area (TPSA) is 49.4 Å². The van der Waals surface area contributed by atoms with Crippen molar-refractivity contribution in [2.75, 3.05) is 25.4 Å². The van der Waals surface area contributed by atoms with E-state index in [2.05, 4.69) is 5.32 Å². The molecule has 3 rings (SSSR count). The lowest BCUT2D eigenvalue weighted by Crippen LogP contribution is -2.47. The molecule has 3 aliphatic rings. The number of hydrogen-bond donors (Lipinski definition) is 1. The SMILES string of the molecule is O=C1CC2(CCCN(C(=O)CCCCC3CCSS3)C2)CN1. The summed E-state index contributed by atoms with van der Waals surface area (Å²) in [7, 11) is 4.01. The fourth-order valence-electron chi connectivity index (χ4n) is 3.83. The molecule has 1 N–H and O–H groups in total. The molecule has 3 aliphatic heterocycles. The lowest BCUT2D eigenvalue weighted by Gasteiger charge is -2.39. The van der Waals surface area contributed by atoms with E-state index < -0.39 is 0 Å². The molecule has 2 amide bonds. The van der Waals surface area contributed by atoms with Gasteiger partial charge in [-0.15, -0.1) is 0 Å². The van der Waals surface area contributed by atoms with Crippen molar-refractivity contribution in [2.45, 2.75) is 56.6 Å². The van der Waals surface area contributed by atoms with Gasteiger partial charge in [0.05, 0.1) is 0 Å². The van der Waals surface area contributed by atoms with E-state index in [-0.39, 0.29) is 11.3 Å². The number of likely N-dealkylation sites (tertiary alicyclic amines) is 1. The molecule has 2 atom stereocenters. The molecule has 6 heteroatoms. The second-order valence-electron chi connectivity index (χ2n) is 6.95. The molecule has 22 heavy (non-hydrogen) atoms. The average Bonchev–Trinajstić information content (AvgIpc) is 3.14. The Kier molecular flexibility index (Phi) is 5.60. The van der Waals surface area contributed by atoms with E-state index in [1.807, 2.05) is 26.5 Å². The number of piperidine rings is 1. The zero-order chi connectivity index (χ0) is 15.4. The van der Waals surface area contributed by atoms with Gasteiger partial charge in [-0.25, -0.2) is 0 Å². The van der Waals surface area contributed by atoms with Crippen LogP contribution < -0.4 is 5.32 Å². The first-order chi connectivity index (χ1) is 10.7. The molecular weight excluding hydrogens is 316 g/mol. The van der Waals surface area contributed by atoms with Crippen molar-refractivity contribution in [2.24, 2.45) is 5.41 Å². The van der Waals surface area contributed by atoms with Gasteiger partial charge < -0.3 is 10.2 Å². The number of nitrogens with one attached hydrogen (secondary N) is 1. The summed E-state index contributed by atoms with van der Waals surface area (Å²) in [5.41, 5.74) is 0.0305. The predicted molar refractivity (Wildman–Crippen MR) is 92.8 cm³/mol. The summed E-state index contributed by atoms with van der Waals surface area (Å²) in [6.45, 7) is 2.41. The van der Waals surface area contributed by atoms with Gasteiger partial charge in [-0.2, -0.15) is 0 Å². The van der Waals surface area contributed by atoms with Crippen LogP contribution in [-0.4, -0.2) is 47.4 Å². The monoisotopic (exact) mass is 342 g/mol. The van der Waals surface area contributed by atoms with E-state index in [4.69, 9.17) is 0 Å². The summed E-state index contributed by atoms with van der Waals surface area (Å²) in [6.07, 6.45) is 8.18. The van der Waals surface area contributed by atoms with Gasteiger partial charge >= 0.3 is 0 Å². The highest BCUT2D eigenvalue weighted by Gasteiger charge is 2.42. The number of carbonyl (C=O) groups excluding carboxylic acids is 2. The van der Waals surface area contributed by atoms with Crippen LogP contribution in [0.15, 0.2) is 0 Å². The molecule has 0 aromatic carbocycles. The van der Waals surface area contributed by atoms with Crippen LogP contribution in [0, 0.1) is 5.41 Å². The molecule has 124 valence electrons. The van der Waals surface area contributed by atoms with Gasteiger partial charge in [0.15, 0.2) is 0 Å². The number of nitrogens with zero attached hydrogens (tertiary/aromatic N) is 1. The summed E-state index contributed by atoms with van der Waals surface area (Å²) in [4.78, 5) is 26.0. The second kappa shape index (κ2) is 7.47. The van der Waals surface area contributed by atoms with Gasteiger partial charge in [0, 0.05) is 48.9 Å². The molecule has 0 bridgehead atoms. The van der Waals surface area contributed by atoms with Crippen LogP contribution in [0.3, 0.4) is 0 Å². The highest BCUT2D eigenvalue weighted by Crippen LogP contribution is 2.40. The maximum atomic E-state index is 12.4. The molecule has 0 aliphatic carbocycles.